The average Bonchev–Trinajstić information content (AvgIpc) is 2.79. The smallest absolute Gasteiger partial charge is 0.270 e. The van der Waals surface area contributed by atoms with Crippen LogP contribution in [0.2, 0.25) is 0 Å². The molecular weight excluding hydrogens is 290 g/mol. The molecule has 1 unspecified atom stereocenters. The maximum Gasteiger partial charge on any atom is 0.270 e. The topological polar surface area (TPSA) is 88.2 Å². The van der Waals surface area contributed by atoms with Gasteiger partial charge in [-0.05, 0) is 25.0 Å². The number of carbonyl (C=O) groups is 1. The van der Waals surface area contributed by atoms with E-state index in [9.17, 15) is 13.2 Å². The van der Waals surface area contributed by atoms with E-state index in [4.69, 9.17) is 0 Å². The highest BCUT2D eigenvalue weighted by atomic mass is 32.2. The third kappa shape index (κ3) is 4.70. The summed E-state index contributed by atoms with van der Waals surface area (Å²) in [7, 11) is -2.99. The Morgan fingerprint density at radius 2 is 2.24 bits per heavy atom. The van der Waals surface area contributed by atoms with E-state index in [1.54, 1.807) is 12.3 Å². The second-order valence-corrected chi connectivity index (χ2v) is 7.51. The molecule has 1 fully saturated rings. The summed E-state index contributed by atoms with van der Waals surface area (Å²) in [4.78, 5) is 16.1. The van der Waals surface area contributed by atoms with Crippen LogP contribution in [0.5, 0.6) is 0 Å². The zero-order valence-electron chi connectivity index (χ0n) is 12.1. The predicted octanol–water partition coefficient (Wildman–Crippen LogP) is 1.21. The van der Waals surface area contributed by atoms with Crippen molar-refractivity contribution >= 4 is 21.4 Å². The van der Waals surface area contributed by atoms with Crippen molar-refractivity contribution in [3.05, 3.63) is 24.0 Å². The molecule has 1 aromatic heterocycles. The molecule has 1 aromatic rings. The lowest BCUT2D eigenvalue weighted by Crippen LogP contribution is -2.36. The standard InChI is InChI=1S/C14H21N3O3S/c1-2-3-7-15-11-4-5-13(16-9-11)14(18)17-12-6-8-21(19,20)10-12/h4-5,9,12,15H,2-3,6-8,10H2,1H3,(H,17,18). The van der Waals surface area contributed by atoms with Crippen molar-refractivity contribution in [3.8, 4) is 0 Å². The number of carbonyl (C=O) groups excluding carboxylic acids is 1. The van der Waals surface area contributed by atoms with E-state index < -0.39 is 9.84 Å². The van der Waals surface area contributed by atoms with Gasteiger partial charge >= 0.3 is 0 Å². The second kappa shape index (κ2) is 6.89. The van der Waals surface area contributed by atoms with E-state index in [1.807, 2.05) is 6.07 Å². The van der Waals surface area contributed by atoms with Gasteiger partial charge in [-0.2, -0.15) is 0 Å². The summed E-state index contributed by atoms with van der Waals surface area (Å²) in [5, 5.41) is 5.94. The first kappa shape index (κ1) is 15.8. The fourth-order valence-electron chi connectivity index (χ4n) is 2.21. The van der Waals surface area contributed by atoms with Gasteiger partial charge in [0.2, 0.25) is 0 Å². The molecular formula is C14H21N3O3S. The lowest BCUT2D eigenvalue weighted by molar-refractivity contribution is 0.0936. The zero-order chi connectivity index (χ0) is 15.3. The van der Waals surface area contributed by atoms with Crippen LogP contribution in [-0.4, -0.2) is 43.4 Å². The van der Waals surface area contributed by atoms with Crippen LogP contribution in [0.25, 0.3) is 0 Å². The van der Waals surface area contributed by atoms with Crippen LogP contribution in [-0.2, 0) is 9.84 Å². The van der Waals surface area contributed by atoms with Gasteiger partial charge in [-0.15, -0.1) is 0 Å². The van der Waals surface area contributed by atoms with E-state index >= 15 is 0 Å². The quantitative estimate of drug-likeness (QED) is 0.771. The highest BCUT2D eigenvalue weighted by Gasteiger charge is 2.29. The van der Waals surface area contributed by atoms with Gasteiger partial charge in [-0.1, -0.05) is 13.3 Å². The Kier molecular flexibility index (Phi) is 5.17. The van der Waals surface area contributed by atoms with Crippen LogP contribution < -0.4 is 10.6 Å². The number of nitrogens with zero attached hydrogens (tertiary/aromatic N) is 1. The van der Waals surface area contributed by atoms with Gasteiger partial charge in [0.15, 0.2) is 9.84 Å². The molecule has 2 heterocycles. The molecule has 1 aliphatic rings. The van der Waals surface area contributed by atoms with Crippen molar-refractivity contribution < 1.29 is 13.2 Å². The first-order valence-electron chi connectivity index (χ1n) is 7.21. The Hall–Kier alpha value is -1.63. The first-order chi connectivity index (χ1) is 10.00. The zero-order valence-corrected chi connectivity index (χ0v) is 12.9. The summed E-state index contributed by atoms with van der Waals surface area (Å²) in [5.74, 6) is -0.154. The minimum absolute atomic E-state index is 0.0232. The second-order valence-electron chi connectivity index (χ2n) is 5.29. The van der Waals surface area contributed by atoms with Gasteiger partial charge in [0, 0.05) is 12.6 Å². The molecule has 0 aliphatic carbocycles. The van der Waals surface area contributed by atoms with Gasteiger partial charge in [0.05, 0.1) is 23.4 Å². The van der Waals surface area contributed by atoms with E-state index in [1.165, 1.54) is 0 Å². The normalized spacial score (nSPS) is 20.1. The molecule has 1 aliphatic heterocycles. The van der Waals surface area contributed by atoms with Crippen molar-refractivity contribution in [2.24, 2.45) is 0 Å². The van der Waals surface area contributed by atoms with Crippen molar-refractivity contribution in [3.63, 3.8) is 0 Å². The number of unbranched alkanes of at least 4 members (excludes halogenated alkanes) is 1. The minimum atomic E-state index is -2.99. The highest BCUT2D eigenvalue weighted by molar-refractivity contribution is 7.91. The number of aromatic nitrogens is 1. The Bertz CT molecular complexity index is 584. The molecule has 2 N–H and O–H groups in total. The summed E-state index contributed by atoms with van der Waals surface area (Å²) in [6.45, 7) is 3.00. The number of amides is 1. The molecule has 0 saturated carbocycles. The lowest BCUT2D eigenvalue weighted by Gasteiger charge is -2.11. The van der Waals surface area contributed by atoms with Crippen molar-refractivity contribution in [1.82, 2.24) is 10.3 Å². The summed E-state index contributed by atoms with van der Waals surface area (Å²) >= 11 is 0. The fourth-order valence-corrected chi connectivity index (χ4v) is 3.88. The van der Waals surface area contributed by atoms with Crippen molar-refractivity contribution in [2.45, 2.75) is 32.2 Å². The number of nitrogens with one attached hydrogen (secondary N) is 2. The molecule has 2 rings (SSSR count). The monoisotopic (exact) mass is 311 g/mol. The van der Waals surface area contributed by atoms with Gasteiger partial charge in [0.25, 0.3) is 5.91 Å². The minimum Gasteiger partial charge on any atom is -0.384 e. The highest BCUT2D eigenvalue weighted by Crippen LogP contribution is 2.12. The maximum absolute atomic E-state index is 12.0. The van der Waals surface area contributed by atoms with E-state index in [2.05, 4.69) is 22.5 Å². The molecule has 0 spiro atoms. The Labute approximate surface area is 125 Å². The molecule has 7 heteroatoms. The third-order valence-corrected chi connectivity index (χ3v) is 5.19. The number of pyridine rings is 1. The molecule has 0 bridgehead atoms. The summed E-state index contributed by atoms with van der Waals surface area (Å²) in [5.41, 5.74) is 1.18. The predicted molar refractivity (Wildman–Crippen MR) is 82.2 cm³/mol. The molecule has 1 atom stereocenters. The van der Waals surface area contributed by atoms with Crippen LogP contribution in [0.3, 0.4) is 0 Å². The Morgan fingerprint density at radius 1 is 1.43 bits per heavy atom. The summed E-state index contributed by atoms with van der Waals surface area (Å²) in [6.07, 6.45) is 4.30. The van der Waals surface area contributed by atoms with Crippen LogP contribution in [0.1, 0.15) is 36.7 Å². The molecule has 0 radical (unpaired) electrons. The number of rotatable bonds is 6. The number of hydrogen-bond acceptors (Lipinski definition) is 5. The Morgan fingerprint density at radius 3 is 2.81 bits per heavy atom. The molecule has 1 amide bonds. The maximum atomic E-state index is 12.0. The van der Waals surface area contributed by atoms with Crippen LogP contribution in [0.15, 0.2) is 18.3 Å². The lowest BCUT2D eigenvalue weighted by atomic mass is 10.2. The molecule has 21 heavy (non-hydrogen) atoms. The Balaban J connectivity index is 1.88. The van der Waals surface area contributed by atoms with Gasteiger partial charge in [-0.25, -0.2) is 13.4 Å². The molecule has 116 valence electrons. The molecule has 0 aromatic carbocycles. The largest absolute Gasteiger partial charge is 0.384 e. The van der Waals surface area contributed by atoms with Gasteiger partial charge < -0.3 is 10.6 Å². The molecule has 6 nitrogen and oxygen atoms in total. The summed E-state index contributed by atoms with van der Waals surface area (Å²) in [6, 6.07) is 3.16. The number of sulfone groups is 1. The van der Waals surface area contributed by atoms with Crippen LogP contribution in [0, 0.1) is 0 Å². The average molecular weight is 311 g/mol. The summed E-state index contributed by atoms with van der Waals surface area (Å²) < 4.78 is 22.7. The van der Waals surface area contributed by atoms with E-state index in [-0.39, 0.29) is 23.5 Å². The third-order valence-electron chi connectivity index (χ3n) is 3.42. The number of anilines is 1. The van der Waals surface area contributed by atoms with E-state index in [0.717, 1.165) is 25.1 Å². The number of hydrogen-bond donors (Lipinski definition) is 2. The van der Waals surface area contributed by atoms with Crippen molar-refractivity contribution in [2.75, 3.05) is 23.4 Å². The van der Waals surface area contributed by atoms with E-state index in [0.29, 0.717) is 12.1 Å². The van der Waals surface area contributed by atoms with Gasteiger partial charge in [-0.3, -0.25) is 4.79 Å². The first-order valence-corrected chi connectivity index (χ1v) is 9.03. The van der Waals surface area contributed by atoms with Gasteiger partial charge in [0.1, 0.15) is 5.69 Å². The fraction of sp³-hybridized carbons (Fsp3) is 0.571. The van der Waals surface area contributed by atoms with Crippen molar-refractivity contribution in [1.29, 1.82) is 0 Å². The van der Waals surface area contributed by atoms with Crippen LogP contribution >= 0.6 is 0 Å². The van der Waals surface area contributed by atoms with Crippen LogP contribution in [0.4, 0.5) is 5.69 Å². The SMILES string of the molecule is CCCCNc1ccc(C(=O)NC2CCS(=O)(=O)C2)nc1. The molecule has 1 saturated heterocycles.